The van der Waals surface area contributed by atoms with Crippen molar-refractivity contribution in [1.82, 2.24) is 0 Å². The van der Waals surface area contributed by atoms with Crippen molar-refractivity contribution in [3.05, 3.63) is 9.66 Å². The van der Waals surface area contributed by atoms with Crippen molar-refractivity contribution in [1.29, 1.82) is 0 Å². The van der Waals surface area contributed by atoms with Crippen LogP contribution in [0.1, 0.15) is 0 Å². The van der Waals surface area contributed by atoms with Crippen LogP contribution in [-0.2, 0) is 19.5 Å². The minimum atomic E-state index is -6.11. The fourth-order valence-electron chi connectivity index (χ4n) is 0.243. The van der Waals surface area contributed by atoms with Crippen LogP contribution < -0.4 is 0 Å². The average Bonchev–Trinajstić information content (AvgIpc) is 1.83. The number of halogens is 8. The van der Waals surface area contributed by atoms with Crippen molar-refractivity contribution in [2.24, 2.45) is 0 Å². The Labute approximate surface area is 94.4 Å². The van der Waals surface area contributed by atoms with Gasteiger partial charge < -0.3 is 0 Å². The molecule has 13 heavy (non-hydrogen) atoms. The molecule has 0 heterocycles. The molecule has 0 bridgehead atoms. The van der Waals surface area contributed by atoms with Gasteiger partial charge in [0.15, 0.2) is 3.83 Å². The number of rotatable bonds is 1. The molecule has 0 unspecified atom stereocenters. The Bertz CT molecular complexity index is 203. The fraction of sp³-hybridized carbons (Fsp3) is 0.500. The van der Waals surface area contributed by atoms with E-state index in [0.29, 0.717) is 22.6 Å². The molecule has 0 nitrogen and oxygen atoms in total. The maximum Gasteiger partial charge on any atom is 0.460 e. The van der Waals surface area contributed by atoms with E-state index in [1.165, 1.54) is 0 Å². The Morgan fingerprint density at radius 3 is 1.31 bits per heavy atom. The largest absolute Gasteiger partial charge is 0.460 e. The predicted molar refractivity (Wildman–Crippen MR) is 34.3 cm³/mol. The summed E-state index contributed by atoms with van der Waals surface area (Å²) in [5.74, 6) is -8.87. The molecular formula is C4F7IZn. The molecule has 0 saturated heterocycles. The Hall–Kier alpha value is 0.603. The maximum atomic E-state index is 11.8. The van der Waals surface area contributed by atoms with Gasteiger partial charge in [0, 0.05) is 19.5 Å². The van der Waals surface area contributed by atoms with Crippen LogP contribution >= 0.6 is 22.6 Å². The van der Waals surface area contributed by atoms with Crippen molar-refractivity contribution >= 4 is 22.6 Å². The Kier molecular flexibility index (Phi) is 6.05. The van der Waals surface area contributed by atoms with E-state index in [9.17, 15) is 30.7 Å². The minimum Gasteiger partial charge on any atom is -0.201 e. The number of allylic oxidation sites excluding steroid dienone is 1. The number of alkyl halides is 5. The molecular weight excluding hydrogens is 373 g/mol. The van der Waals surface area contributed by atoms with Crippen LogP contribution in [0, 0.1) is 0 Å². The zero-order valence-corrected chi connectivity index (χ0v) is 10.9. The van der Waals surface area contributed by atoms with Gasteiger partial charge in [-0.15, -0.1) is 0 Å². The van der Waals surface area contributed by atoms with Gasteiger partial charge in [-0.3, -0.25) is 0 Å². The zero-order chi connectivity index (χ0) is 10.2. The van der Waals surface area contributed by atoms with Gasteiger partial charge >= 0.3 is 12.1 Å². The van der Waals surface area contributed by atoms with Crippen molar-refractivity contribution in [3.63, 3.8) is 0 Å². The van der Waals surface area contributed by atoms with E-state index in [-0.39, 0.29) is 19.5 Å². The quantitative estimate of drug-likeness (QED) is 0.373. The van der Waals surface area contributed by atoms with Crippen LogP contribution in [0.15, 0.2) is 9.66 Å². The van der Waals surface area contributed by atoms with Crippen molar-refractivity contribution in [2.45, 2.75) is 12.1 Å². The molecule has 0 aromatic carbocycles. The SMILES string of the molecule is F/C(I)=C(/F)C(F)(F)C(F)(F)F.[Zn]. The molecule has 9 heteroatoms. The number of hydrogen-bond donors (Lipinski definition) is 0. The van der Waals surface area contributed by atoms with E-state index in [1.54, 1.807) is 0 Å². The molecule has 0 amide bonds. The monoisotopic (exact) mass is 372 g/mol. The smallest absolute Gasteiger partial charge is 0.201 e. The predicted octanol–water partition coefficient (Wildman–Crippen LogP) is 3.72. The Morgan fingerprint density at radius 2 is 1.23 bits per heavy atom. The van der Waals surface area contributed by atoms with E-state index < -0.39 is 21.8 Å². The minimum absolute atomic E-state index is 0. The average molecular weight is 373 g/mol. The van der Waals surface area contributed by atoms with E-state index in [1.807, 2.05) is 0 Å². The second-order valence-corrected chi connectivity index (χ2v) is 2.59. The van der Waals surface area contributed by atoms with Gasteiger partial charge in [0.05, 0.1) is 0 Å². The van der Waals surface area contributed by atoms with Crippen LogP contribution in [-0.4, -0.2) is 12.1 Å². The normalized spacial score (nSPS) is 14.8. The molecule has 0 atom stereocenters. The first-order chi connectivity index (χ1) is 5.10. The van der Waals surface area contributed by atoms with Gasteiger partial charge in [0.2, 0.25) is 5.83 Å². The van der Waals surface area contributed by atoms with E-state index in [4.69, 9.17) is 0 Å². The van der Waals surface area contributed by atoms with Gasteiger partial charge in [-0.25, -0.2) is 4.39 Å². The molecule has 0 aromatic rings. The van der Waals surface area contributed by atoms with Gasteiger partial charge in [-0.2, -0.15) is 26.3 Å². The topological polar surface area (TPSA) is 0 Å². The standard InChI is InChI=1S/C4F7I.Zn/c5-1(2(6)12)3(7,8)4(9,10)11;/b2-1-;. The third-order valence-electron chi connectivity index (χ3n) is 0.798. The molecule has 0 N–H and O–H groups in total. The van der Waals surface area contributed by atoms with E-state index in [2.05, 4.69) is 0 Å². The van der Waals surface area contributed by atoms with Crippen LogP contribution in [0.2, 0.25) is 0 Å². The molecule has 0 spiro atoms. The van der Waals surface area contributed by atoms with Gasteiger partial charge in [-0.05, 0) is 22.6 Å². The molecule has 0 aromatic heterocycles. The Balaban J connectivity index is 0. The van der Waals surface area contributed by atoms with Crippen LogP contribution in [0.3, 0.4) is 0 Å². The third-order valence-corrected chi connectivity index (χ3v) is 1.27. The summed E-state index contributed by atoms with van der Waals surface area (Å²) in [5, 5.41) is 0. The molecule has 0 radical (unpaired) electrons. The maximum absolute atomic E-state index is 11.8. The molecule has 0 aliphatic rings. The molecule has 0 aliphatic heterocycles. The summed E-state index contributed by atoms with van der Waals surface area (Å²) in [7, 11) is 0. The fourth-order valence-corrected chi connectivity index (χ4v) is 0.582. The molecule has 0 rings (SSSR count). The second kappa shape index (κ2) is 4.90. The van der Waals surface area contributed by atoms with E-state index in [0.717, 1.165) is 0 Å². The van der Waals surface area contributed by atoms with Gasteiger partial charge in [0.1, 0.15) is 0 Å². The van der Waals surface area contributed by atoms with Crippen molar-refractivity contribution < 1.29 is 50.2 Å². The third kappa shape index (κ3) is 3.69. The van der Waals surface area contributed by atoms with Gasteiger partial charge in [-0.1, -0.05) is 0 Å². The summed E-state index contributed by atoms with van der Waals surface area (Å²) in [6, 6.07) is 0. The van der Waals surface area contributed by atoms with Crippen LogP contribution in [0.25, 0.3) is 0 Å². The molecule has 0 saturated carbocycles. The first-order valence-corrected chi connectivity index (χ1v) is 3.34. The Morgan fingerprint density at radius 1 is 0.923 bits per heavy atom. The summed E-state index contributed by atoms with van der Waals surface area (Å²) in [6.07, 6.45) is -6.11. The summed E-state index contributed by atoms with van der Waals surface area (Å²) in [5.41, 5.74) is 0. The zero-order valence-electron chi connectivity index (χ0n) is 5.73. The van der Waals surface area contributed by atoms with Crippen molar-refractivity contribution in [3.8, 4) is 0 Å². The molecule has 0 fully saturated rings. The first kappa shape index (κ1) is 16.0. The summed E-state index contributed by atoms with van der Waals surface area (Å²) in [6.45, 7) is 0. The number of hydrogen-bond acceptors (Lipinski definition) is 0. The summed E-state index contributed by atoms with van der Waals surface area (Å²) >= 11 is 0.392. The second-order valence-electron chi connectivity index (χ2n) is 1.65. The first-order valence-electron chi connectivity index (χ1n) is 2.26. The van der Waals surface area contributed by atoms with Crippen LogP contribution in [0.5, 0.6) is 0 Å². The summed E-state index contributed by atoms with van der Waals surface area (Å²) < 4.78 is 78.5. The molecule has 0 aliphatic carbocycles. The van der Waals surface area contributed by atoms with Gasteiger partial charge in [0.25, 0.3) is 0 Å². The summed E-state index contributed by atoms with van der Waals surface area (Å²) in [4.78, 5) is 0. The van der Waals surface area contributed by atoms with E-state index >= 15 is 0 Å². The molecule has 74 valence electrons. The van der Waals surface area contributed by atoms with Crippen LogP contribution in [0.4, 0.5) is 30.7 Å². The van der Waals surface area contributed by atoms with Crippen molar-refractivity contribution in [2.75, 3.05) is 0 Å².